The second kappa shape index (κ2) is 7.58. The Bertz CT molecular complexity index is 626. The minimum atomic E-state index is -0.0808. The molecule has 0 bridgehead atoms. The van der Waals surface area contributed by atoms with Gasteiger partial charge < -0.3 is 20.4 Å². The van der Waals surface area contributed by atoms with Crippen LogP contribution >= 0.6 is 11.3 Å². The Labute approximate surface area is 126 Å². The minimum absolute atomic E-state index is 0.0808. The molecule has 0 amide bonds. The highest BCUT2D eigenvalue weighted by atomic mass is 32.1. The number of nitrogens with zero attached hydrogens (tertiary/aromatic N) is 3. The van der Waals surface area contributed by atoms with Crippen LogP contribution in [0.2, 0.25) is 0 Å². The number of nitrogens with one attached hydrogen (secondary N) is 3. The van der Waals surface area contributed by atoms with Crippen LogP contribution in [0.4, 0.5) is 11.9 Å². The van der Waals surface area contributed by atoms with Crippen LogP contribution < -0.4 is 20.2 Å². The van der Waals surface area contributed by atoms with Gasteiger partial charge in [0.25, 0.3) is 0 Å². The van der Waals surface area contributed by atoms with Gasteiger partial charge in [-0.1, -0.05) is 18.3 Å². The molecule has 0 saturated heterocycles. The molecule has 8 nitrogen and oxygen atoms in total. The molecule has 0 atom stereocenters. The van der Waals surface area contributed by atoms with Gasteiger partial charge in [-0.25, -0.2) is 0 Å². The molecule has 0 radical (unpaired) electrons. The number of anilines is 2. The van der Waals surface area contributed by atoms with Crippen molar-refractivity contribution in [1.82, 2.24) is 19.9 Å². The molecule has 2 aromatic heterocycles. The summed E-state index contributed by atoms with van der Waals surface area (Å²) in [4.78, 5) is 26.3. The fourth-order valence-electron chi connectivity index (χ4n) is 1.51. The minimum Gasteiger partial charge on any atom is -0.463 e. The van der Waals surface area contributed by atoms with E-state index in [4.69, 9.17) is 4.74 Å². The molecule has 3 N–H and O–H groups in total. The summed E-state index contributed by atoms with van der Waals surface area (Å²) in [5.41, 5.74) is 0.784. The first-order chi connectivity index (χ1) is 10.2. The smallest absolute Gasteiger partial charge is 0.323 e. The number of hydrogen-bond donors (Lipinski definition) is 3. The Morgan fingerprint density at radius 2 is 2.00 bits per heavy atom. The van der Waals surface area contributed by atoms with Gasteiger partial charge in [0.2, 0.25) is 11.9 Å². The predicted molar refractivity (Wildman–Crippen MR) is 82.0 cm³/mol. The van der Waals surface area contributed by atoms with E-state index >= 15 is 0 Å². The summed E-state index contributed by atoms with van der Waals surface area (Å²) in [5.74, 6) is 0.860. The number of aromatic amines is 1. The second-order valence-corrected chi connectivity index (χ2v) is 5.01. The van der Waals surface area contributed by atoms with Crippen LogP contribution in [0, 0.1) is 0 Å². The maximum Gasteiger partial charge on any atom is 0.323 e. The lowest BCUT2D eigenvalue weighted by Gasteiger charge is -2.09. The van der Waals surface area contributed by atoms with E-state index < -0.39 is 0 Å². The number of thiazole rings is 1. The summed E-state index contributed by atoms with van der Waals surface area (Å²) in [6, 6.07) is 0.282. The zero-order chi connectivity index (χ0) is 15.1. The highest BCUT2D eigenvalue weighted by Crippen LogP contribution is 2.12. The Balaban J connectivity index is 2.08. The first-order valence-corrected chi connectivity index (χ1v) is 7.62. The van der Waals surface area contributed by atoms with Crippen LogP contribution in [0.3, 0.4) is 0 Å². The van der Waals surface area contributed by atoms with Gasteiger partial charge in [-0.15, -0.1) is 0 Å². The van der Waals surface area contributed by atoms with Gasteiger partial charge in [-0.05, 0) is 13.3 Å². The summed E-state index contributed by atoms with van der Waals surface area (Å²) < 4.78 is 5.44. The van der Waals surface area contributed by atoms with E-state index in [-0.39, 0.29) is 10.9 Å². The van der Waals surface area contributed by atoms with Crippen molar-refractivity contribution in [2.24, 2.45) is 0 Å². The summed E-state index contributed by atoms with van der Waals surface area (Å²) in [6.45, 7) is 5.65. The van der Waals surface area contributed by atoms with Gasteiger partial charge in [-0.3, -0.25) is 4.79 Å². The van der Waals surface area contributed by atoms with Crippen LogP contribution in [0.15, 0.2) is 10.2 Å². The topological polar surface area (TPSA) is 105 Å². The zero-order valence-corrected chi connectivity index (χ0v) is 12.8. The number of rotatable bonds is 8. The average molecular weight is 310 g/mol. The second-order valence-electron chi connectivity index (χ2n) is 4.17. The summed E-state index contributed by atoms with van der Waals surface area (Å²) in [5, 5.41) is 7.83. The molecule has 0 aliphatic rings. The van der Waals surface area contributed by atoms with Crippen molar-refractivity contribution in [3.63, 3.8) is 0 Å². The molecule has 0 spiro atoms. The zero-order valence-electron chi connectivity index (χ0n) is 12.0. The molecular weight excluding hydrogens is 292 g/mol. The number of hydrogen-bond acceptors (Lipinski definition) is 8. The monoisotopic (exact) mass is 310 g/mol. The van der Waals surface area contributed by atoms with Crippen molar-refractivity contribution in [3.8, 4) is 6.01 Å². The fraction of sp³-hybridized carbons (Fsp3) is 0.500. The quantitative estimate of drug-likeness (QED) is 0.677. The normalized spacial score (nSPS) is 10.4. The van der Waals surface area contributed by atoms with Gasteiger partial charge in [0.15, 0.2) is 0 Å². The average Bonchev–Trinajstić information content (AvgIpc) is 2.89. The summed E-state index contributed by atoms with van der Waals surface area (Å²) in [7, 11) is 0. The molecule has 0 aromatic carbocycles. The van der Waals surface area contributed by atoms with E-state index in [2.05, 4.69) is 30.6 Å². The van der Waals surface area contributed by atoms with Gasteiger partial charge in [-0.2, -0.15) is 15.0 Å². The number of H-pyrrole nitrogens is 1. The molecule has 21 heavy (non-hydrogen) atoms. The third-order valence-corrected chi connectivity index (χ3v) is 3.11. The van der Waals surface area contributed by atoms with Gasteiger partial charge in [0.05, 0.1) is 13.2 Å². The maximum absolute atomic E-state index is 11.1. The van der Waals surface area contributed by atoms with E-state index in [0.29, 0.717) is 31.6 Å². The van der Waals surface area contributed by atoms with Crippen molar-refractivity contribution in [1.29, 1.82) is 0 Å². The molecule has 2 heterocycles. The highest BCUT2D eigenvalue weighted by Gasteiger charge is 2.07. The molecule has 9 heteroatoms. The van der Waals surface area contributed by atoms with Crippen LogP contribution in [-0.2, 0) is 6.54 Å². The van der Waals surface area contributed by atoms with Crippen LogP contribution in [0.1, 0.15) is 26.0 Å². The molecule has 0 aliphatic carbocycles. The lowest BCUT2D eigenvalue weighted by molar-refractivity contribution is 0.292. The van der Waals surface area contributed by atoms with Crippen molar-refractivity contribution < 1.29 is 4.74 Å². The van der Waals surface area contributed by atoms with E-state index in [1.54, 1.807) is 5.38 Å². The standard InChI is InChI=1S/C12H18N6O2S/c1-3-5-20-11-17-9(13-4-2)16-10(18-11)14-6-8-7-21-12(19)15-8/h7H,3-6H2,1-2H3,(H,15,19)(H2,13,14,16,17,18). The molecule has 2 rings (SSSR count). The molecule has 0 unspecified atom stereocenters. The maximum atomic E-state index is 11.1. The Kier molecular flexibility index (Phi) is 5.50. The Morgan fingerprint density at radius 1 is 1.24 bits per heavy atom. The van der Waals surface area contributed by atoms with Crippen molar-refractivity contribution in [3.05, 3.63) is 20.7 Å². The largest absolute Gasteiger partial charge is 0.463 e. The molecule has 0 fully saturated rings. The van der Waals surface area contributed by atoms with Gasteiger partial charge >= 0.3 is 10.9 Å². The van der Waals surface area contributed by atoms with E-state index in [1.807, 2.05) is 13.8 Å². The molecule has 2 aromatic rings. The molecule has 0 aliphatic heterocycles. The third-order valence-electron chi connectivity index (χ3n) is 2.39. The number of ether oxygens (including phenoxy) is 1. The van der Waals surface area contributed by atoms with E-state index in [1.165, 1.54) is 0 Å². The van der Waals surface area contributed by atoms with Crippen molar-refractivity contribution >= 4 is 23.2 Å². The lowest BCUT2D eigenvalue weighted by atomic mass is 10.5. The SMILES string of the molecule is CCCOc1nc(NCC)nc(NCc2csc(=O)[nH]2)n1. The first kappa shape index (κ1) is 15.2. The molecule has 0 saturated carbocycles. The van der Waals surface area contributed by atoms with Crippen LogP contribution in [-0.4, -0.2) is 33.1 Å². The number of aromatic nitrogens is 4. The van der Waals surface area contributed by atoms with Gasteiger partial charge in [0.1, 0.15) is 0 Å². The van der Waals surface area contributed by atoms with Crippen LogP contribution in [0.25, 0.3) is 0 Å². The van der Waals surface area contributed by atoms with E-state index in [0.717, 1.165) is 23.5 Å². The predicted octanol–water partition coefficient (Wildman–Crippen LogP) is 1.45. The van der Waals surface area contributed by atoms with Gasteiger partial charge in [0, 0.05) is 17.6 Å². The molecule has 114 valence electrons. The Morgan fingerprint density at radius 3 is 2.62 bits per heavy atom. The highest BCUT2D eigenvalue weighted by molar-refractivity contribution is 7.07. The van der Waals surface area contributed by atoms with Crippen molar-refractivity contribution in [2.75, 3.05) is 23.8 Å². The third kappa shape index (κ3) is 4.71. The summed E-state index contributed by atoms with van der Waals surface area (Å²) >= 11 is 1.12. The first-order valence-electron chi connectivity index (χ1n) is 6.74. The fourth-order valence-corrected chi connectivity index (χ4v) is 2.09. The molecular formula is C12H18N6O2S. The Hall–Kier alpha value is -2.16. The van der Waals surface area contributed by atoms with Crippen LogP contribution in [0.5, 0.6) is 6.01 Å². The van der Waals surface area contributed by atoms with Crippen molar-refractivity contribution in [2.45, 2.75) is 26.8 Å². The lowest BCUT2D eigenvalue weighted by Crippen LogP contribution is -2.11. The summed E-state index contributed by atoms with van der Waals surface area (Å²) in [6.07, 6.45) is 0.876. The van der Waals surface area contributed by atoms with E-state index in [9.17, 15) is 4.79 Å².